The van der Waals surface area contributed by atoms with Crippen molar-refractivity contribution in [1.82, 2.24) is 5.32 Å². The van der Waals surface area contributed by atoms with Crippen LogP contribution in [0, 0.1) is 0 Å². The van der Waals surface area contributed by atoms with Gasteiger partial charge in [0, 0.05) is 43.1 Å². The number of hydrogen-bond acceptors (Lipinski definition) is 4. The van der Waals surface area contributed by atoms with Crippen LogP contribution in [0.15, 0.2) is 24.3 Å². The van der Waals surface area contributed by atoms with E-state index in [9.17, 15) is 0 Å². The first kappa shape index (κ1) is 14.7. The van der Waals surface area contributed by atoms with Gasteiger partial charge in [0.25, 0.3) is 0 Å². The Kier molecular flexibility index (Phi) is 4.99. The largest absolute Gasteiger partial charge is 0.383 e. The highest BCUT2D eigenvalue weighted by molar-refractivity contribution is 5.55. The average molecular weight is 289 g/mol. The molecule has 0 spiro atoms. The number of morpholine rings is 1. The van der Waals surface area contributed by atoms with Gasteiger partial charge in [-0.3, -0.25) is 0 Å². The number of rotatable bonds is 5. The zero-order chi connectivity index (χ0) is 14.5. The third-order valence-electron chi connectivity index (χ3n) is 4.39. The normalized spacial score (nSPS) is 24.0. The molecule has 4 heteroatoms. The minimum Gasteiger partial charge on any atom is -0.383 e. The molecule has 4 nitrogen and oxygen atoms in total. The maximum atomic E-state index is 5.51. The van der Waals surface area contributed by atoms with Crippen LogP contribution in [-0.4, -0.2) is 44.9 Å². The average Bonchev–Trinajstić information content (AvgIpc) is 3.03. The van der Waals surface area contributed by atoms with Crippen LogP contribution >= 0.6 is 0 Å². The van der Waals surface area contributed by atoms with Crippen LogP contribution in [0.5, 0.6) is 0 Å². The van der Waals surface area contributed by atoms with E-state index in [-0.39, 0.29) is 0 Å². The van der Waals surface area contributed by atoms with Crippen molar-refractivity contribution in [2.75, 3.05) is 43.1 Å². The summed E-state index contributed by atoms with van der Waals surface area (Å²) in [5.41, 5.74) is 2.57. The summed E-state index contributed by atoms with van der Waals surface area (Å²) >= 11 is 0. The van der Waals surface area contributed by atoms with E-state index in [1.54, 1.807) is 0 Å². The van der Waals surface area contributed by atoms with Gasteiger partial charge in [0.2, 0.25) is 0 Å². The Morgan fingerprint density at radius 2 is 2.05 bits per heavy atom. The second kappa shape index (κ2) is 7.14. The van der Waals surface area contributed by atoms with E-state index < -0.39 is 0 Å². The molecule has 1 aromatic rings. The van der Waals surface area contributed by atoms with Gasteiger partial charge in [-0.1, -0.05) is 0 Å². The molecule has 116 valence electrons. The van der Waals surface area contributed by atoms with Crippen molar-refractivity contribution in [3.63, 3.8) is 0 Å². The quantitative estimate of drug-likeness (QED) is 0.873. The van der Waals surface area contributed by atoms with Crippen molar-refractivity contribution >= 4 is 11.4 Å². The van der Waals surface area contributed by atoms with Gasteiger partial charge in [-0.2, -0.15) is 0 Å². The zero-order valence-corrected chi connectivity index (χ0v) is 13.0. The molecule has 2 aliphatic heterocycles. The number of hydrogen-bond donors (Lipinski definition) is 2. The molecule has 0 amide bonds. The fourth-order valence-electron chi connectivity index (χ4n) is 3.29. The molecule has 21 heavy (non-hydrogen) atoms. The lowest BCUT2D eigenvalue weighted by Crippen LogP contribution is -2.43. The highest BCUT2D eigenvalue weighted by atomic mass is 16.5. The molecule has 0 radical (unpaired) electrons. The van der Waals surface area contributed by atoms with Gasteiger partial charge in [-0.05, 0) is 50.5 Å². The second-order valence-corrected chi connectivity index (χ2v) is 6.25. The minimum atomic E-state index is 0.446. The summed E-state index contributed by atoms with van der Waals surface area (Å²) in [6.45, 7) is 7.30. The molecule has 0 bridgehead atoms. The van der Waals surface area contributed by atoms with E-state index in [1.165, 1.54) is 37.3 Å². The third kappa shape index (κ3) is 4.11. The smallest absolute Gasteiger partial charge is 0.0621 e. The zero-order valence-electron chi connectivity index (χ0n) is 13.0. The Balaban J connectivity index is 1.49. The Bertz CT molecular complexity index is 422. The van der Waals surface area contributed by atoms with Crippen LogP contribution in [-0.2, 0) is 4.74 Å². The molecule has 3 rings (SSSR count). The molecule has 2 unspecified atom stereocenters. The van der Waals surface area contributed by atoms with Gasteiger partial charge in [-0.15, -0.1) is 0 Å². The van der Waals surface area contributed by atoms with Crippen LogP contribution in [0.25, 0.3) is 0 Å². The molecule has 2 heterocycles. The SMILES string of the molecule is CC(CC1COCCN1)Nc1ccc(N2CCCC2)cc1. The summed E-state index contributed by atoms with van der Waals surface area (Å²) in [4.78, 5) is 2.47. The summed E-state index contributed by atoms with van der Waals surface area (Å²) in [6.07, 6.45) is 3.74. The molecule has 0 saturated carbocycles. The van der Waals surface area contributed by atoms with Gasteiger partial charge in [0.15, 0.2) is 0 Å². The molecule has 0 aromatic heterocycles. The summed E-state index contributed by atoms with van der Waals surface area (Å²) in [5, 5.41) is 7.10. The molecule has 2 atom stereocenters. The number of anilines is 2. The predicted octanol–water partition coefficient (Wildman–Crippen LogP) is 2.47. The molecule has 2 fully saturated rings. The standard InChI is InChI=1S/C17H27N3O/c1-14(12-16-13-21-11-8-18-16)19-15-4-6-17(7-5-15)20-9-2-3-10-20/h4-7,14,16,18-19H,2-3,8-13H2,1H3. The first-order chi connectivity index (χ1) is 10.3. The molecule has 2 saturated heterocycles. The van der Waals surface area contributed by atoms with Crippen molar-refractivity contribution < 1.29 is 4.74 Å². The Labute approximate surface area is 127 Å². The molecule has 2 N–H and O–H groups in total. The Morgan fingerprint density at radius 1 is 1.29 bits per heavy atom. The van der Waals surface area contributed by atoms with E-state index in [2.05, 4.69) is 46.7 Å². The Morgan fingerprint density at radius 3 is 2.71 bits per heavy atom. The predicted molar refractivity (Wildman–Crippen MR) is 88.2 cm³/mol. The number of nitrogens with zero attached hydrogens (tertiary/aromatic N) is 1. The molecule has 1 aromatic carbocycles. The lowest BCUT2D eigenvalue weighted by Gasteiger charge is -2.27. The molecular weight excluding hydrogens is 262 g/mol. The van der Waals surface area contributed by atoms with Crippen LogP contribution in [0.2, 0.25) is 0 Å². The topological polar surface area (TPSA) is 36.5 Å². The molecule has 2 aliphatic rings. The van der Waals surface area contributed by atoms with E-state index in [4.69, 9.17) is 4.74 Å². The van der Waals surface area contributed by atoms with Crippen molar-refractivity contribution in [1.29, 1.82) is 0 Å². The van der Waals surface area contributed by atoms with E-state index in [0.29, 0.717) is 12.1 Å². The lowest BCUT2D eigenvalue weighted by atomic mass is 10.1. The summed E-state index contributed by atoms with van der Waals surface area (Å²) in [6, 6.07) is 9.81. The second-order valence-electron chi connectivity index (χ2n) is 6.25. The van der Waals surface area contributed by atoms with Crippen molar-refractivity contribution in [3.05, 3.63) is 24.3 Å². The maximum Gasteiger partial charge on any atom is 0.0621 e. The van der Waals surface area contributed by atoms with Crippen LogP contribution in [0.4, 0.5) is 11.4 Å². The fourth-order valence-corrected chi connectivity index (χ4v) is 3.29. The number of benzene rings is 1. The monoisotopic (exact) mass is 289 g/mol. The van der Waals surface area contributed by atoms with Crippen molar-refractivity contribution in [2.24, 2.45) is 0 Å². The van der Waals surface area contributed by atoms with Crippen molar-refractivity contribution in [2.45, 2.75) is 38.3 Å². The lowest BCUT2D eigenvalue weighted by molar-refractivity contribution is 0.0731. The van der Waals surface area contributed by atoms with Crippen LogP contribution in [0.1, 0.15) is 26.2 Å². The molecule has 0 aliphatic carbocycles. The van der Waals surface area contributed by atoms with Gasteiger partial charge in [0.05, 0.1) is 13.2 Å². The van der Waals surface area contributed by atoms with Crippen molar-refractivity contribution in [3.8, 4) is 0 Å². The minimum absolute atomic E-state index is 0.446. The van der Waals surface area contributed by atoms with E-state index in [1.807, 2.05) is 0 Å². The Hall–Kier alpha value is -1.26. The fraction of sp³-hybridized carbons (Fsp3) is 0.647. The number of ether oxygens (including phenoxy) is 1. The first-order valence-corrected chi connectivity index (χ1v) is 8.24. The van der Waals surface area contributed by atoms with E-state index in [0.717, 1.165) is 26.2 Å². The summed E-state index contributed by atoms with van der Waals surface area (Å²) < 4.78 is 5.51. The summed E-state index contributed by atoms with van der Waals surface area (Å²) in [5.74, 6) is 0. The highest BCUT2D eigenvalue weighted by Crippen LogP contribution is 2.22. The van der Waals surface area contributed by atoms with Gasteiger partial charge < -0.3 is 20.3 Å². The van der Waals surface area contributed by atoms with Crippen LogP contribution in [0.3, 0.4) is 0 Å². The molecular formula is C17H27N3O. The maximum absolute atomic E-state index is 5.51. The number of nitrogens with one attached hydrogen (secondary N) is 2. The third-order valence-corrected chi connectivity index (χ3v) is 4.39. The van der Waals surface area contributed by atoms with Gasteiger partial charge in [-0.25, -0.2) is 0 Å². The van der Waals surface area contributed by atoms with Crippen LogP contribution < -0.4 is 15.5 Å². The van der Waals surface area contributed by atoms with Gasteiger partial charge in [0.1, 0.15) is 0 Å². The summed E-state index contributed by atoms with van der Waals surface area (Å²) in [7, 11) is 0. The van der Waals surface area contributed by atoms with E-state index >= 15 is 0 Å². The van der Waals surface area contributed by atoms with Gasteiger partial charge >= 0.3 is 0 Å². The highest BCUT2D eigenvalue weighted by Gasteiger charge is 2.16. The first-order valence-electron chi connectivity index (χ1n) is 8.24.